The molecular formula is C9H10N4O. The first kappa shape index (κ1) is 7.75. The Kier molecular flexibility index (Phi) is 1.63. The van der Waals surface area contributed by atoms with Gasteiger partial charge in [-0.05, 0) is 0 Å². The standard InChI is InChI=1S/C9H10N4O/c1-3-11-13-4-2-9(12-8(1)13)14-7-5-10-6-7/h1-4,7,10H,5-6H2. The molecule has 0 spiro atoms. The molecule has 0 atom stereocenters. The van der Waals surface area contributed by atoms with Gasteiger partial charge >= 0.3 is 0 Å². The number of aromatic nitrogens is 3. The van der Waals surface area contributed by atoms with E-state index in [1.165, 1.54) is 0 Å². The van der Waals surface area contributed by atoms with Crippen molar-refractivity contribution in [3.05, 3.63) is 24.5 Å². The third kappa shape index (κ3) is 1.22. The van der Waals surface area contributed by atoms with Crippen LogP contribution in [-0.2, 0) is 0 Å². The van der Waals surface area contributed by atoms with E-state index in [-0.39, 0.29) is 6.10 Å². The highest BCUT2D eigenvalue weighted by Gasteiger charge is 2.18. The molecule has 1 saturated heterocycles. The highest BCUT2D eigenvalue weighted by atomic mass is 16.5. The monoisotopic (exact) mass is 190 g/mol. The Labute approximate surface area is 80.7 Å². The predicted molar refractivity (Wildman–Crippen MR) is 50.3 cm³/mol. The van der Waals surface area contributed by atoms with Crippen molar-refractivity contribution in [1.29, 1.82) is 0 Å². The number of hydrogen-bond donors (Lipinski definition) is 1. The van der Waals surface area contributed by atoms with Crippen molar-refractivity contribution in [2.75, 3.05) is 13.1 Å². The largest absolute Gasteiger partial charge is 0.472 e. The lowest BCUT2D eigenvalue weighted by Gasteiger charge is -2.27. The van der Waals surface area contributed by atoms with Gasteiger partial charge in [0.05, 0.1) is 6.20 Å². The normalized spacial score (nSPS) is 16.9. The Balaban J connectivity index is 1.88. The van der Waals surface area contributed by atoms with Crippen molar-refractivity contribution < 1.29 is 4.74 Å². The number of nitrogens with zero attached hydrogens (tertiary/aromatic N) is 3. The minimum Gasteiger partial charge on any atom is -0.472 e. The second-order valence-corrected chi connectivity index (χ2v) is 3.30. The Hall–Kier alpha value is -1.62. The van der Waals surface area contributed by atoms with Gasteiger partial charge in [0, 0.05) is 31.4 Å². The molecule has 0 radical (unpaired) electrons. The molecule has 0 unspecified atom stereocenters. The topological polar surface area (TPSA) is 51.5 Å². The van der Waals surface area contributed by atoms with Gasteiger partial charge in [0.2, 0.25) is 5.88 Å². The second kappa shape index (κ2) is 2.95. The Morgan fingerprint density at radius 1 is 1.43 bits per heavy atom. The molecule has 3 rings (SSSR count). The fourth-order valence-electron chi connectivity index (χ4n) is 1.38. The molecule has 1 aliphatic heterocycles. The zero-order valence-electron chi connectivity index (χ0n) is 7.55. The average molecular weight is 190 g/mol. The maximum atomic E-state index is 5.61. The van der Waals surface area contributed by atoms with Crippen molar-refractivity contribution in [3.8, 4) is 5.88 Å². The summed E-state index contributed by atoms with van der Waals surface area (Å²) in [7, 11) is 0. The van der Waals surface area contributed by atoms with Crippen molar-refractivity contribution in [3.63, 3.8) is 0 Å². The number of ether oxygens (including phenoxy) is 1. The molecule has 1 N–H and O–H groups in total. The van der Waals surface area contributed by atoms with Crippen LogP contribution in [0, 0.1) is 0 Å². The number of fused-ring (bicyclic) bond motifs is 1. The lowest BCUT2D eigenvalue weighted by Crippen LogP contribution is -2.50. The maximum Gasteiger partial charge on any atom is 0.217 e. The molecular weight excluding hydrogens is 180 g/mol. The molecule has 2 aromatic rings. The highest BCUT2D eigenvalue weighted by molar-refractivity contribution is 5.37. The summed E-state index contributed by atoms with van der Waals surface area (Å²) in [6.07, 6.45) is 3.84. The van der Waals surface area contributed by atoms with Crippen LogP contribution in [0.4, 0.5) is 0 Å². The molecule has 2 aromatic heterocycles. The maximum absolute atomic E-state index is 5.61. The van der Waals surface area contributed by atoms with E-state index in [0.29, 0.717) is 5.88 Å². The summed E-state index contributed by atoms with van der Waals surface area (Å²) in [6.45, 7) is 1.82. The van der Waals surface area contributed by atoms with E-state index in [0.717, 1.165) is 18.7 Å². The van der Waals surface area contributed by atoms with Crippen LogP contribution in [0.25, 0.3) is 5.65 Å². The number of rotatable bonds is 2. The summed E-state index contributed by atoms with van der Waals surface area (Å²) in [5.74, 6) is 0.671. The molecule has 0 amide bonds. The van der Waals surface area contributed by atoms with E-state index in [2.05, 4.69) is 15.4 Å². The molecule has 5 heteroatoms. The molecule has 0 saturated carbocycles. The third-order valence-corrected chi connectivity index (χ3v) is 2.26. The number of hydrogen-bond acceptors (Lipinski definition) is 4. The van der Waals surface area contributed by atoms with E-state index in [9.17, 15) is 0 Å². The molecule has 72 valence electrons. The molecule has 3 heterocycles. The Morgan fingerprint density at radius 2 is 2.36 bits per heavy atom. The van der Waals surface area contributed by atoms with Gasteiger partial charge in [0.25, 0.3) is 0 Å². The van der Waals surface area contributed by atoms with Gasteiger partial charge < -0.3 is 10.1 Å². The van der Waals surface area contributed by atoms with E-state index in [4.69, 9.17) is 4.74 Å². The van der Waals surface area contributed by atoms with Gasteiger partial charge in [0.1, 0.15) is 6.10 Å². The van der Waals surface area contributed by atoms with Gasteiger partial charge in [-0.3, -0.25) is 0 Å². The van der Waals surface area contributed by atoms with Crippen LogP contribution in [0.5, 0.6) is 5.88 Å². The minimum atomic E-state index is 0.271. The van der Waals surface area contributed by atoms with Crippen molar-refractivity contribution in [1.82, 2.24) is 19.9 Å². The minimum absolute atomic E-state index is 0.271. The van der Waals surface area contributed by atoms with Crippen molar-refractivity contribution >= 4 is 5.65 Å². The highest BCUT2D eigenvalue weighted by Crippen LogP contribution is 2.11. The first-order valence-electron chi connectivity index (χ1n) is 4.59. The van der Waals surface area contributed by atoms with Crippen LogP contribution in [-0.4, -0.2) is 33.8 Å². The SMILES string of the molecule is c1cc2nc(OC3CNC3)ccn2n1. The zero-order chi connectivity index (χ0) is 9.38. The van der Waals surface area contributed by atoms with Gasteiger partial charge in [-0.25, -0.2) is 4.52 Å². The Bertz CT molecular complexity index is 449. The van der Waals surface area contributed by atoms with Crippen LogP contribution in [0.2, 0.25) is 0 Å². The van der Waals surface area contributed by atoms with Crippen LogP contribution < -0.4 is 10.1 Å². The molecule has 0 aliphatic carbocycles. The number of nitrogens with one attached hydrogen (secondary N) is 1. The first-order valence-corrected chi connectivity index (χ1v) is 4.59. The first-order chi connectivity index (χ1) is 6.92. The summed E-state index contributed by atoms with van der Waals surface area (Å²) in [5.41, 5.74) is 0.815. The van der Waals surface area contributed by atoms with Crippen LogP contribution in [0.15, 0.2) is 24.5 Å². The molecule has 5 nitrogen and oxygen atoms in total. The molecule has 0 aromatic carbocycles. The summed E-state index contributed by atoms with van der Waals surface area (Å²) in [6, 6.07) is 3.68. The van der Waals surface area contributed by atoms with Crippen LogP contribution in [0.1, 0.15) is 0 Å². The fourth-order valence-corrected chi connectivity index (χ4v) is 1.38. The predicted octanol–water partition coefficient (Wildman–Crippen LogP) is 0.0799. The molecule has 0 bridgehead atoms. The molecule has 14 heavy (non-hydrogen) atoms. The third-order valence-electron chi connectivity index (χ3n) is 2.26. The molecule has 1 fully saturated rings. The summed E-state index contributed by atoms with van der Waals surface area (Å²) in [4.78, 5) is 4.31. The van der Waals surface area contributed by atoms with Crippen LogP contribution >= 0.6 is 0 Å². The van der Waals surface area contributed by atoms with Crippen molar-refractivity contribution in [2.45, 2.75) is 6.10 Å². The average Bonchev–Trinajstić information content (AvgIpc) is 2.58. The second-order valence-electron chi connectivity index (χ2n) is 3.30. The smallest absolute Gasteiger partial charge is 0.217 e. The summed E-state index contributed by atoms with van der Waals surface area (Å²) < 4.78 is 7.33. The summed E-state index contributed by atoms with van der Waals surface area (Å²) >= 11 is 0. The van der Waals surface area contributed by atoms with Gasteiger partial charge in [-0.1, -0.05) is 0 Å². The van der Waals surface area contributed by atoms with Gasteiger partial charge in [-0.2, -0.15) is 10.1 Å². The van der Waals surface area contributed by atoms with E-state index in [1.807, 2.05) is 18.3 Å². The van der Waals surface area contributed by atoms with Gasteiger partial charge in [-0.15, -0.1) is 0 Å². The van der Waals surface area contributed by atoms with E-state index >= 15 is 0 Å². The van der Waals surface area contributed by atoms with E-state index < -0.39 is 0 Å². The van der Waals surface area contributed by atoms with E-state index in [1.54, 1.807) is 10.7 Å². The lowest BCUT2D eigenvalue weighted by molar-refractivity contribution is 0.136. The van der Waals surface area contributed by atoms with Crippen molar-refractivity contribution in [2.24, 2.45) is 0 Å². The molecule has 1 aliphatic rings. The van der Waals surface area contributed by atoms with Crippen LogP contribution in [0.3, 0.4) is 0 Å². The fraction of sp³-hybridized carbons (Fsp3) is 0.333. The lowest BCUT2D eigenvalue weighted by atomic mass is 10.2. The van der Waals surface area contributed by atoms with Gasteiger partial charge in [0.15, 0.2) is 5.65 Å². The Morgan fingerprint density at radius 3 is 3.14 bits per heavy atom. The quantitative estimate of drug-likeness (QED) is 0.728. The summed E-state index contributed by atoms with van der Waals surface area (Å²) in [5, 5.41) is 7.20. The zero-order valence-corrected chi connectivity index (χ0v) is 7.55.